The molecule has 4 rings (SSSR count). The highest BCUT2D eigenvalue weighted by molar-refractivity contribution is 7.89. The van der Waals surface area contributed by atoms with E-state index in [2.05, 4.69) is 0 Å². The number of aryl methyl sites for hydroxylation is 1. The topological polar surface area (TPSA) is 49.7 Å². The van der Waals surface area contributed by atoms with Gasteiger partial charge in [0.25, 0.3) is 0 Å². The zero-order valence-corrected chi connectivity index (χ0v) is 10.9. The van der Waals surface area contributed by atoms with Crippen LogP contribution in [0.4, 0.5) is 0 Å². The maximum atomic E-state index is 12.5. The van der Waals surface area contributed by atoms with Gasteiger partial charge >= 0.3 is 0 Å². The molecule has 1 aromatic rings. The van der Waals surface area contributed by atoms with Crippen molar-refractivity contribution in [1.82, 2.24) is 4.31 Å². The maximum Gasteiger partial charge on any atom is 0.243 e. The summed E-state index contributed by atoms with van der Waals surface area (Å²) in [7, 11) is -3.32. The number of ether oxygens (including phenoxy) is 1. The number of sulfonamides is 1. The monoisotopic (exact) mass is 265 g/mol. The number of hydrogen-bond donors (Lipinski definition) is 0. The summed E-state index contributed by atoms with van der Waals surface area (Å²) in [4.78, 5) is 0.403. The molecule has 4 nitrogen and oxygen atoms in total. The van der Waals surface area contributed by atoms with Crippen LogP contribution in [0.3, 0.4) is 0 Å². The molecular weight excluding hydrogens is 250 g/mol. The van der Waals surface area contributed by atoms with Gasteiger partial charge in [-0.1, -0.05) is 17.7 Å². The van der Waals surface area contributed by atoms with E-state index in [9.17, 15) is 8.42 Å². The molecule has 0 radical (unpaired) electrons. The van der Waals surface area contributed by atoms with Crippen molar-refractivity contribution < 1.29 is 13.2 Å². The van der Waals surface area contributed by atoms with Crippen molar-refractivity contribution in [1.29, 1.82) is 0 Å². The lowest BCUT2D eigenvalue weighted by Gasteiger charge is -2.06. The van der Waals surface area contributed by atoms with Crippen LogP contribution < -0.4 is 0 Å². The van der Waals surface area contributed by atoms with Gasteiger partial charge in [0.05, 0.1) is 17.0 Å². The highest BCUT2D eigenvalue weighted by Crippen LogP contribution is 2.52. The molecule has 18 heavy (non-hydrogen) atoms. The third-order valence-electron chi connectivity index (χ3n) is 4.23. The quantitative estimate of drug-likeness (QED) is 0.757. The molecular formula is C13H15NO3S. The summed E-state index contributed by atoms with van der Waals surface area (Å²) in [6.07, 6.45) is 2.44. The van der Waals surface area contributed by atoms with Crippen LogP contribution in [0.1, 0.15) is 18.4 Å². The van der Waals surface area contributed by atoms with Gasteiger partial charge in [-0.05, 0) is 31.9 Å². The molecule has 3 aliphatic rings. The Bertz CT molecular complexity index is 595. The van der Waals surface area contributed by atoms with Gasteiger partial charge < -0.3 is 4.74 Å². The minimum atomic E-state index is -3.32. The van der Waals surface area contributed by atoms with Gasteiger partial charge in [0, 0.05) is 6.04 Å². The van der Waals surface area contributed by atoms with Crippen LogP contribution in [0.25, 0.3) is 0 Å². The Labute approximate surface area is 107 Å². The van der Waals surface area contributed by atoms with Crippen LogP contribution in [0, 0.1) is 6.92 Å². The second-order valence-corrected chi connectivity index (χ2v) is 7.27. The highest BCUT2D eigenvalue weighted by atomic mass is 32.2. The van der Waals surface area contributed by atoms with Crippen molar-refractivity contribution in [3.63, 3.8) is 0 Å². The van der Waals surface area contributed by atoms with Gasteiger partial charge in [0.15, 0.2) is 0 Å². The molecule has 3 fully saturated rings. The molecule has 0 N–H and O–H groups in total. The summed E-state index contributed by atoms with van der Waals surface area (Å²) in [6.45, 7) is 1.95. The summed E-state index contributed by atoms with van der Waals surface area (Å²) in [5.74, 6) is 0. The molecule has 5 heteroatoms. The summed E-state index contributed by atoms with van der Waals surface area (Å²) in [5, 5.41) is 0. The van der Waals surface area contributed by atoms with E-state index in [0.717, 1.165) is 18.4 Å². The molecule has 2 saturated heterocycles. The Kier molecular flexibility index (Phi) is 2.04. The number of benzene rings is 1. The molecule has 2 heterocycles. The smallest absolute Gasteiger partial charge is 0.243 e. The zero-order chi connectivity index (χ0) is 12.5. The van der Waals surface area contributed by atoms with E-state index in [4.69, 9.17) is 4.74 Å². The molecule has 1 unspecified atom stereocenters. The summed E-state index contributed by atoms with van der Waals surface area (Å²) in [6, 6.07) is 7.36. The van der Waals surface area contributed by atoms with Gasteiger partial charge in [-0.15, -0.1) is 0 Å². The second-order valence-electron chi connectivity index (χ2n) is 5.42. The Balaban J connectivity index is 1.66. The molecule has 1 aromatic carbocycles. The number of epoxide rings is 1. The molecule has 0 spiro atoms. The lowest BCUT2D eigenvalue weighted by Crippen LogP contribution is -2.17. The molecule has 0 aromatic heterocycles. The fourth-order valence-electron chi connectivity index (χ4n) is 3.13. The van der Waals surface area contributed by atoms with E-state index in [1.54, 1.807) is 16.4 Å². The van der Waals surface area contributed by atoms with Crippen molar-refractivity contribution in [3.8, 4) is 0 Å². The molecule has 5 atom stereocenters. The van der Waals surface area contributed by atoms with Crippen LogP contribution in [-0.2, 0) is 14.8 Å². The van der Waals surface area contributed by atoms with E-state index in [1.165, 1.54) is 0 Å². The minimum absolute atomic E-state index is 0.107. The number of nitrogens with zero attached hydrogens (tertiary/aromatic N) is 1. The largest absolute Gasteiger partial charge is 0.368 e. The Hall–Kier alpha value is -0.910. The van der Waals surface area contributed by atoms with E-state index < -0.39 is 10.0 Å². The van der Waals surface area contributed by atoms with Crippen LogP contribution in [0.15, 0.2) is 29.2 Å². The van der Waals surface area contributed by atoms with E-state index in [1.807, 2.05) is 19.1 Å². The molecule has 0 amide bonds. The van der Waals surface area contributed by atoms with E-state index in [0.29, 0.717) is 11.0 Å². The second kappa shape index (κ2) is 3.35. The predicted octanol–water partition coefficient (Wildman–Crippen LogP) is 1.30. The first-order chi connectivity index (χ1) is 8.59. The van der Waals surface area contributed by atoms with Gasteiger partial charge in [0.1, 0.15) is 6.10 Å². The lowest BCUT2D eigenvalue weighted by atomic mass is 10.0. The SMILES string of the molecule is Cc1ccc(S(=O)(=O)N2[C@@H]3[C@H]4O[C@H]4CC[C@@H]32)cc1. The fraction of sp³-hybridized carbons (Fsp3) is 0.538. The molecule has 1 saturated carbocycles. The van der Waals surface area contributed by atoms with Gasteiger partial charge in [-0.2, -0.15) is 4.31 Å². The first-order valence-corrected chi connectivity index (χ1v) is 7.79. The van der Waals surface area contributed by atoms with Crippen molar-refractivity contribution in [3.05, 3.63) is 29.8 Å². The van der Waals surface area contributed by atoms with Crippen molar-refractivity contribution in [2.24, 2.45) is 0 Å². The van der Waals surface area contributed by atoms with Gasteiger partial charge in [-0.25, -0.2) is 8.42 Å². The van der Waals surface area contributed by atoms with Crippen molar-refractivity contribution in [2.75, 3.05) is 0 Å². The number of fused-ring (bicyclic) bond motifs is 3. The molecule has 96 valence electrons. The average molecular weight is 265 g/mol. The third-order valence-corrected chi connectivity index (χ3v) is 6.16. The van der Waals surface area contributed by atoms with Crippen molar-refractivity contribution in [2.45, 2.75) is 49.0 Å². The van der Waals surface area contributed by atoms with Crippen LogP contribution >= 0.6 is 0 Å². The first kappa shape index (κ1) is 11.0. The average Bonchev–Trinajstić information content (AvgIpc) is 3.21. The van der Waals surface area contributed by atoms with Gasteiger partial charge in [-0.3, -0.25) is 0 Å². The van der Waals surface area contributed by atoms with Gasteiger partial charge in [0.2, 0.25) is 10.0 Å². The van der Waals surface area contributed by atoms with Crippen LogP contribution in [0.5, 0.6) is 0 Å². The Morgan fingerprint density at radius 1 is 1.22 bits per heavy atom. The Morgan fingerprint density at radius 3 is 2.67 bits per heavy atom. The zero-order valence-electron chi connectivity index (χ0n) is 10.1. The summed E-state index contributed by atoms with van der Waals surface area (Å²) >= 11 is 0. The molecule has 1 aliphatic carbocycles. The number of hydrogen-bond acceptors (Lipinski definition) is 3. The molecule has 2 aliphatic heterocycles. The third kappa shape index (κ3) is 1.41. The van der Waals surface area contributed by atoms with Crippen LogP contribution in [-0.4, -0.2) is 37.0 Å². The first-order valence-electron chi connectivity index (χ1n) is 6.35. The van der Waals surface area contributed by atoms with Crippen molar-refractivity contribution >= 4 is 10.0 Å². The molecule has 0 bridgehead atoms. The maximum absolute atomic E-state index is 12.5. The summed E-state index contributed by atoms with van der Waals surface area (Å²) < 4.78 is 32.2. The number of rotatable bonds is 2. The minimum Gasteiger partial charge on any atom is -0.368 e. The standard InChI is InChI=1S/C13H15NO3S/c1-8-2-4-9(5-3-8)18(15,16)14-10-6-7-11-13(17-11)12(10)14/h2-5,10-13H,6-7H2,1H3/t10-,11-,12-,13-,14?/m0/s1. The lowest BCUT2D eigenvalue weighted by molar-refractivity contribution is 0.357. The van der Waals surface area contributed by atoms with E-state index in [-0.39, 0.29) is 18.2 Å². The van der Waals surface area contributed by atoms with Crippen LogP contribution in [0.2, 0.25) is 0 Å². The summed E-state index contributed by atoms with van der Waals surface area (Å²) in [5.41, 5.74) is 1.07. The Morgan fingerprint density at radius 2 is 1.94 bits per heavy atom. The normalized spacial score (nSPS) is 40.8. The van der Waals surface area contributed by atoms with E-state index >= 15 is 0 Å². The fourth-order valence-corrected chi connectivity index (χ4v) is 4.97. The highest BCUT2D eigenvalue weighted by Gasteiger charge is 2.68. The predicted molar refractivity (Wildman–Crippen MR) is 65.7 cm³/mol.